The number of nitrogens with one attached hydrogen (secondary N) is 1. The summed E-state index contributed by atoms with van der Waals surface area (Å²) in [6.07, 6.45) is -1.20. The molecule has 1 aliphatic rings. The second-order valence-corrected chi connectivity index (χ2v) is 4.91. The number of likely N-dealkylation sites (N-methyl/N-ethyl adjacent to an activating group) is 2. The van der Waals surface area contributed by atoms with Gasteiger partial charge >= 0.3 is 6.18 Å². The van der Waals surface area contributed by atoms with Crippen LogP contribution >= 0.6 is 0 Å². The Balaban J connectivity index is 2.59. The van der Waals surface area contributed by atoms with Crippen LogP contribution in [-0.2, 0) is 0 Å². The summed E-state index contributed by atoms with van der Waals surface area (Å²) >= 11 is 0. The number of hydrogen-bond acceptors (Lipinski definition) is 2. The molecule has 1 rings (SSSR count). The molecule has 96 valence electrons. The van der Waals surface area contributed by atoms with Crippen LogP contribution in [0.2, 0.25) is 0 Å². The first-order valence-electron chi connectivity index (χ1n) is 5.77. The predicted octanol–water partition coefficient (Wildman–Crippen LogP) is 2.26. The normalized spacial score (nSPS) is 32.1. The largest absolute Gasteiger partial charge is 0.401 e. The lowest BCUT2D eigenvalue weighted by Crippen LogP contribution is -2.52. The molecule has 0 aliphatic heterocycles. The average Bonchev–Trinajstić information content (AvgIpc) is 2.15. The highest BCUT2D eigenvalue weighted by Gasteiger charge is 2.36. The monoisotopic (exact) mass is 238 g/mol. The lowest BCUT2D eigenvalue weighted by Gasteiger charge is -2.40. The van der Waals surface area contributed by atoms with Crippen molar-refractivity contribution in [2.45, 2.75) is 44.4 Å². The van der Waals surface area contributed by atoms with E-state index in [4.69, 9.17) is 0 Å². The quantitative estimate of drug-likeness (QED) is 0.811. The van der Waals surface area contributed by atoms with Crippen molar-refractivity contribution in [3.63, 3.8) is 0 Å². The number of halogens is 3. The number of alkyl halides is 3. The summed E-state index contributed by atoms with van der Waals surface area (Å²) in [5.74, 6) is 0.519. The van der Waals surface area contributed by atoms with Gasteiger partial charge in [0.25, 0.3) is 0 Å². The van der Waals surface area contributed by atoms with Crippen molar-refractivity contribution in [3.05, 3.63) is 0 Å². The van der Waals surface area contributed by atoms with Gasteiger partial charge in [-0.25, -0.2) is 0 Å². The van der Waals surface area contributed by atoms with Crippen molar-refractivity contribution in [2.75, 3.05) is 20.6 Å². The van der Waals surface area contributed by atoms with Crippen LogP contribution in [0, 0.1) is 5.92 Å². The van der Waals surface area contributed by atoms with Crippen LogP contribution in [0.5, 0.6) is 0 Å². The molecule has 3 unspecified atom stereocenters. The van der Waals surface area contributed by atoms with Crippen molar-refractivity contribution in [1.82, 2.24) is 10.2 Å². The van der Waals surface area contributed by atoms with Gasteiger partial charge in [0.1, 0.15) is 0 Å². The molecular formula is C11H21F3N2. The molecule has 3 atom stereocenters. The Labute approximate surface area is 95.2 Å². The molecule has 1 N–H and O–H groups in total. The summed E-state index contributed by atoms with van der Waals surface area (Å²) in [7, 11) is 3.40. The summed E-state index contributed by atoms with van der Waals surface area (Å²) in [6.45, 7) is 1.29. The number of hydrogen-bond donors (Lipinski definition) is 1. The van der Waals surface area contributed by atoms with Gasteiger partial charge < -0.3 is 5.32 Å². The van der Waals surface area contributed by atoms with Crippen molar-refractivity contribution in [1.29, 1.82) is 0 Å². The predicted molar refractivity (Wildman–Crippen MR) is 58.3 cm³/mol. The highest BCUT2D eigenvalue weighted by Crippen LogP contribution is 2.28. The van der Waals surface area contributed by atoms with Crippen molar-refractivity contribution in [3.8, 4) is 0 Å². The zero-order chi connectivity index (χ0) is 12.3. The first-order chi connectivity index (χ1) is 7.33. The third-order valence-electron chi connectivity index (χ3n) is 3.44. The molecule has 0 aromatic carbocycles. The summed E-state index contributed by atoms with van der Waals surface area (Å²) in [6, 6.07) is 0.180. The van der Waals surface area contributed by atoms with Gasteiger partial charge in [0, 0.05) is 12.1 Å². The van der Waals surface area contributed by atoms with Crippen molar-refractivity contribution in [2.24, 2.45) is 5.92 Å². The molecule has 0 aromatic heterocycles. The molecule has 0 bridgehead atoms. The second kappa shape index (κ2) is 5.36. The van der Waals surface area contributed by atoms with E-state index < -0.39 is 12.7 Å². The van der Waals surface area contributed by atoms with Gasteiger partial charge in [-0.15, -0.1) is 0 Å². The van der Waals surface area contributed by atoms with Gasteiger partial charge in [-0.3, -0.25) is 4.90 Å². The molecule has 2 nitrogen and oxygen atoms in total. The number of rotatable bonds is 3. The zero-order valence-electron chi connectivity index (χ0n) is 10.1. The molecular weight excluding hydrogens is 217 g/mol. The van der Waals surface area contributed by atoms with Crippen LogP contribution in [-0.4, -0.2) is 43.8 Å². The van der Waals surface area contributed by atoms with Gasteiger partial charge in [0.2, 0.25) is 0 Å². The Morgan fingerprint density at radius 1 is 1.31 bits per heavy atom. The van der Waals surface area contributed by atoms with Crippen LogP contribution in [0.15, 0.2) is 0 Å². The Morgan fingerprint density at radius 3 is 2.44 bits per heavy atom. The van der Waals surface area contributed by atoms with Crippen LogP contribution < -0.4 is 5.32 Å². The fourth-order valence-electron chi connectivity index (χ4n) is 2.57. The van der Waals surface area contributed by atoms with E-state index in [-0.39, 0.29) is 12.1 Å². The maximum Gasteiger partial charge on any atom is 0.401 e. The van der Waals surface area contributed by atoms with Crippen molar-refractivity contribution >= 4 is 0 Å². The Bertz CT molecular complexity index is 218. The lowest BCUT2D eigenvalue weighted by molar-refractivity contribution is -0.150. The summed E-state index contributed by atoms with van der Waals surface area (Å²) in [4.78, 5) is 1.44. The first kappa shape index (κ1) is 13.8. The highest BCUT2D eigenvalue weighted by molar-refractivity contribution is 4.89. The second-order valence-electron chi connectivity index (χ2n) is 4.91. The molecule has 16 heavy (non-hydrogen) atoms. The minimum Gasteiger partial charge on any atom is -0.315 e. The SMILES string of the molecule is CNC1CCC(C)CC1N(C)CC(F)(F)F. The van der Waals surface area contributed by atoms with E-state index >= 15 is 0 Å². The van der Waals surface area contributed by atoms with Crippen LogP contribution in [0.1, 0.15) is 26.2 Å². The van der Waals surface area contributed by atoms with Crippen LogP contribution in [0.3, 0.4) is 0 Å². The van der Waals surface area contributed by atoms with E-state index in [0.717, 1.165) is 19.3 Å². The zero-order valence-corrected chi connectivity index (χ0v) is 10.1. The standard InChI is InChI=1S/C11H21F3N2/c1-8-4-5-9(15-2)10(6-8)16(3)7-11(12,13)14/h8-10,15H,4-7H2,1-3H3. The molecule has 1 aliphatic carbocycles. The van der Waals surface area contributed by atoms with E-state index in [9.17, 15) is 13.2 Å². The fourth-order valence-corrected chi connectivity index (χ4v) is 2.57. The molecule has 0 amide bonds. The fraction of sp³-hybridized carbons (Fsp3) is 1.00. The summed E-state index contributed by atoms with van der Waals surface area (Å²) < 4.78 is 37.0. The van der Waals surface area contributed by atoms with Gasteiger partial charge in [-0.2, -0.15) is 13.2 Å². The van der Waals surface area contributed by atoms with Crippen LogP contribution in [0.4, 0.5) is 13.2 Å². The smallest absolute Gasteiger partial charge is 0.315 e. The molecule has 0 spiro atoms. The maximum absolute atomic E-state index is 12.3. The molecule has 0 heterocycles. The summed E-state index contributed by atoms with van der Waals surface area (Å²) in [5.41, 5.74) is 0. The Hall–Kier alpha value is -0.290. The minimum atomic E-state index is -4.10. The lowest BCUT2D eigenvalue weighted by atomic mass is 9.82. The van der Waals surface area contributed by atoms with Crippen molar-refractivity contribution < 1.29 is 13.2 Å². The minimum absolute atomic E-state index is 0.00428. The van der Waals surface area contributed by atoms with E-state index in [1.54, 1.807) is 7.05 Å². The number of nitrogens with zero attached hydrogens (tertiary/aromatic N) is 1. The molecule has 0 radical (unpaired) electrons. The summed E-state index contributed by atoms with van der Waals surface area (Å²) in [5, 5.41) is 3.13. The van der Waals surface area contributed by atoms with E-state index in [2.05, 4.69) is 12.2 Å². The van der Waals surface area contributed by atoms with Gasteiger partial charge in [0.05, 0.1) is 6.54 Å². The molecule has 1 fully saturated rings. The average molecular weight is 238 g/mol. The first-order valence-corrected chi connectivity index (χ1v) is 5.77. The Kier molecular flexibility index (Phi) is 4.62. The maximum atomic E-state index is 12.3. The van der Waals surface area contributed by atoms with E-state index in [1.165, 1.54) is 4.90 Å². The van der Waals surface area contributed by atoms with Gasteiger partial charge in [-0.05, 0) is 39.3 Å². The van der Waals surface area contributed by atoms with Gasteiger partial charge in [-0.1, -0.05) is 6.92 Å². The topological polar surface area (TPSA) is 15.3 Å². The third kappa shape index (κ3) is 3.94. The molecule has 0 aromatic rings. The van der Waals surface area contributed by atoms with E-state index in [0.29, 0.717) is 5.92 Å². The van der Waals surface area contributed by atoms with Crippen LogP contribution in [0.25, 0.3) is 0 Å². The Morgan fingerprint density at radius 2 is 1.94 bits per heavy atom. The molecule has 5 heteroatoms. The highest BCUT2D eigenvalue weighted by atomic mass is 19.4. The van der Waals surface area contributed by atoms with E-state index in [1.807, 2.05) is 7.05 Å². The third-order valence-corrected chi connectivity index (χ3v) is 3.44. The molecule has 1 saturated carbocycles. The van der Waals surface area contributed by atoms with Gasteiger partial charge in [0.15, 0.2) is 0 Å². The molecule has 0 saturated heterocycles.